The van der Waals surface area contributed by atoms with Gasteiger partial charge in [0.1, 0.15) is 24.7 Å². The van der Waals surface area contributed by atoms with Gasteiger partial charge in [0.05, 0.1) is 75.3 Å². The molecule has 0 atom stereocenters. The molecule has 0 saturated heterocycles. The second-order valence-electron chi connectivity index (χ2n) is 10.2. The van der Waals surface area contributed by atoms with Crippen LogP contribution < -0.4 is 9.47 Å². The maximum atomic E-state index is 5.86. The largest absolute Gasteiger partial charge is 0.491 e. The number of pyridine rings is 2. The quantitative estimate of drug-likeness (QED) is 0.149. The van der Waals surface area contributed by atoms with E-state index in [0.29, 0.717) is 66.1 Å². The van der Waals surface area contributed by atoms with E-state index in [2.05, 4.69) is 24.3 Å². The molecule has 2 aromatic heterocycles. The summed E-state index contributed by atoms with van der Waals surface area (Å²) >= 11 is 0. The number of ether oxygens (including phenoxy) is 6. The molecule has 8 rings (SSSR count). The Hall–Kier alpha value is -4.34. The molecule has 0 spiro atoms. The second-order valence-corrected chi connectivity index (χ2v) is 10.2. The molecule has 8 heteroatoms. The van der Waals surface area contributed by atoms with Crippen LogP contribution >= 0.6 is 0 Å². The van der Waals surface area contributed by atoms with Crippen molar-refractivity contribution in [2.24, 2.45) is 0 Å². The molecule has 0 amide bonds. The van der Waals surface area contributed by atoms with E-state index in [4.69, 9.17) is 38.4 Å². The molecule has 0 saturated carbocycles. The highest BCUT2D eigenvalue weighted by molar-refractivity contribution is 6.04. The van der Waals surface area contributed by atoms with Crippen molar-refractivity contribution in [3.8, 4) is 34.0 Å². The fourth-order valence-electron chi connectivity index (χ4n) is 4.85. The normalized spacial score (nSPS) is 16.1. The van der Waals surface area contributed by atoms with Crippen molar-refractivity contribution < 1.29 is 28.4 Å². The van der Waals surface area contributed by atoms with Crippen molar-refractivity contribution in [2.75, 3.05) is 66.1 Å². The van der Waals surface area contributed by atoms with E-state index in [0.717, 1.165) is 55.8 Å². The van der Waals surface area contributed by atoms with Gasteiger partial charge in [0, 0.05) is 21.9 Å². The number of hydrogen-bond acceptors (Lipinski definition) is 8. The minimum absolute atomic E-state index is 0.463. The highest BCUT2D eigenvalue weighted by Crippen LogP contribution is 2.30. The molecular formula is C36H36N2O6. The van der Waals surface area contributed by atoms with Crippen molar-refractivity contribution >= 4 is 21.8 Å². The van der Waals surface area contributed by atoms with Gasteiger partial charge in [-0.3, -0.25) is 0 Å². The summed E-state index contributed by atoms with van der Waals surface area (Å²) in [6.45, 7) is 5.00. The van der Waals surface area contributed by atoms with Crippen molar-refractivity contribution in [3.63, 3.8) is 0 Å². The van der Waals surface area contributed by atoms with E-state index in [1.165, 1.54) is 0 Å². The van der Waals surface area contributed by atoms with E-state index in [1.807, 2.05) is 72.8 Å². The smallest absolute Gasteiger partial charge is 0.119 e. The van der Waals surface area contributed by atoms with Gasteiger partial charge in [0.2, 0.25) is 0 Å². The lowest BCUT2D eigenvalue weighted by Gasteiger charge is -2.10. The van der Waals surface area contributed by atoms with Crippen LogP contribution in [0.4, 0.5) is 0 Å². The SMILES string of the molecule is C1=CCOCCOCCOc2ccc(cc2)-c2ccc3ccc4ccc(nc4c3n2)-c2ccc(cc2)OCCOCCOC1. The van der Waals surface area contributed by atoms with E-state index in [-0.39, 0.29) is 0 Å². The monoisotopic (exact) mass is 592 g/mol. The lowest BCUT2D eigenvalue weighted by Crippen LogP contribution is -2.11. The van der Waals surface area contributed by atoms with Crippen LogP contribution in [0, 0.1) is 0 Å². The number of fused-ring (bicyclic) bond motifs is 2. The molecule has 3 aromatic carbocycles. The Labute approximate surface area is 257 Å². The standard InChI is InChI=1S/C36H36N2O6/c1-2-18-40-20-22-42-24-26-44-32-13-7-28(8-14-32)34-16-10-30-4-3-29-9-15-33(37-35(29)36(30)38-34)27-5-11-31(12-6-27)43-25-23-41-21-19-39-17-1/h1-16H,17-26H2. The van der Waals surface area contributed by atoms with Gasteiger partial charge >= 0.3 is 0 Å². The number of hydrogen-bond donors (Lipinski definition) is 0. The van der Waals surface area contributed by atoms with Crippen LogP contribution in [0.3, 0.4) is 0 Å². The minimum atomic E-state index is 0.463. The Bertz CT molecular complexity index is 1550. The molecule has 3 aliphatic heterocycles. The Balaban J connectivity index is 1.20. The molecule has 44 heavy (non-hydrogen) atoms. The van der Waals surface area contributed by atoms with Gasteiger partial charge in [-0.2, -0.15) is 0 Å². The third-order valence-corrected chi connectivity index (χ3v) is 7.15. The zero-order valence-electron chi connectivity index (χ0n) is 24.7. The third-order valence-electron chi connectivity index (χ3n) is 7.15. The van der Waals surface area contributed by atoms with Gasteiger partial charge in [-0.1, -0.05) is 36.4 Å². The molecule has 5 heterocycles. The zero-order valence-corrected chi connectivity index (χ0v) is 24.7. The Morgan fingerprint density at radius 3 is 1.23 bits per heavy atom. The number of benzene rings is 3. The van der Waals surface area contributed by atoms with Crippen molar-refractivity contribution in [1.29, 1.82) is 0 Å². The topological polar surface area (TPSA) is 81.2 Å². The molecule has 226 valence electrons. The summed E-state index contributed by atoms with van der Waals surface area (Å²) in [5.74, 6) is 1.57. The summed E-state index contributed by atoms with van der Waals surface area (Å²) < 4.78 is 34.1. The van der Waals surface area contributed by atoms with E-state index in [1.54, 1.807) is 0 Å². The summed E-state index contributed by atoms with van der Waals surface area (Å²) in [7, 11) is 0. The highest BCUT2D eigenvalue weighted by atomic mass is 16.5. The van der Waals surface area contributed by atoms with Crippen LogP contribution in [-0.2, 0) is 18.9 Å². The number of aromatic nitrogens is 2. The zero-order chi connectivity index (χ0) is 29.8. The summed E-state index contributed by atoms with van der Waals surface area (Å²) in [5, 5.41) is 2.09. The van der Waals surface area contributed by atoms with Gasteiger partial charge < -0.3 is 28.4 Å². The molecule has 0 fully saturated rings. The third kappa shape index (κ3) is 7.98. The Morgan fingerprint density at radius 1 is 0.386 bits per heavy atom. The molecule has 0 aliphatic carbocycles. The van der Waals surface area contributed by atoms with E-state index in [9.17, 15) is 0 Å². The lowest BCUT2D eigenvalue weighted by atomic mass is 10.1. The lowest BCUT2D eigenvalue weighted by molar-refractivity contribution is 0.0424. The summed E-state index contributed by atoms with van der Waals surface area (Å²) in [6.07, 6.45) is 3.88. The first-order chi connectivity index (χ1) is 21.8. The van der Waals surface area contributed by atoms with Gasteiger partial charge in [0.15, 0.2) is 0 Å². The average molecular weight is 593 g/mol. The van der Waals surface area contributed by atoms with Crippen molar-refractivity contribution in [3.05, 3.63) is 97.1 Å². The minimum Gasteiger partial charge on any atom is -0.491 e. The van der Waals surface area contributed by atoms with Crippen molar-refractivity contribution in [1.82, 2.24) is 9.97 Å². The van der Waals surface area contributed by atoms with Gasteiger partial charge in [-0.15, -0.1) is 0 Å². The molecule has 3 aliphatic rings. The highest BCUT2D eigenvalue weighted by Gasteiger charge is 2.09. The molecule has 0 N–H and O–H groups in total. The fraction of sp³-hybridized carbons (Fsp3) is 0.278. The summed E-state index contributed by atoms with van der Waals surface area (Å²) in [5.41, 5.74) is 5.52. The van der Waals surface area contributed by atoms with Crippen LogP contribution in [0.15, 0.2) is 97.1 Å². The molecule has 0 radical (unpaired) electrons. The second kappa shape index (κ2) is 15.4. The predicted octanol–water partition coefficient (Wildman–Crippen LogP) is 6.51. The van der Waals surface area contributed by atoms with Gasteiger partial charge in [-0.05, 0) is 60.7 Å². The molecule has 5 aromatic rings. The van der Waals surface area contributed by atoms with Crippen LogP contribution in [-0.4, -0.2) is 76.0 Å². The van der Waals surface area contributed by atoms with Gasteiger partial charge in [-0.25, -0.2) is 9.97 Å². The summed E-state index contributed by atoms with van der Waals surface area (Å²) in [6, 6.07) is 28.4. The first kappa shape index (κ1) is 29.7. The maximum absolute atomic E-state index is 5.86. The van der Waals surface area contributed by atoms with Crippen LogP contribution in [0.5, 0.6) is 11.5 Å². The summed E-state index contributed by atoms with van der Waals surface area (Å²) in [4.78, 5) is 10.1. The molecule has 0 unspecified atom stereocenters. The first-order valence-electron chi connectivity index (χ1n) is 15.0. The maximum Gasteiger partial charge on any atom is 0.119 e. The number of nitrogens with zero attached hydrogens (tertiary/aromatic N) is 2. The van der Waals surface area contributed by atoms with E-state index >= 15 is 0 Å². The predicted molar refractivity (Wildman–Crippen MR) is 171 cm³/mol. The fourth-order valence-corrected chi connectivity index (χ4v) is 4.85. The Morgan fingerprint density at radius 2 is 0.773 bits per heavy atom. The average Bonchev–Trinajstić information content (AvgIpc) is 3.07. The Kier molecular flexibility index (Phi) is 10.4. The first-order valence-corrected chi connectivity index (χ1v) is 15.0. The van der Waals surface area contributed by atoms with Crippen LogP contribution in [0.25, 0.3) is 44.3 Å². The molecule has 8 nitrogen and oxygen atoms in total. The van der Waals surface area contributed by atoms with Crippen LogP contribution in [0.1, 0.15) is 0 Å². The van der Waals surface area contributed by atoms with Crippen molar-refractivity contribution in [2.45, 2.75) is 0 Å². The number of rotatable bonds is 0. The molecule has 8 bridgehead atoms. The van der Waals surface area contributed by atoms with Crippen LogP contribution in [0.2, 0.25) is 0 Å². The van der Waals surface area contributed by atoms with Gasteiger partial charge in [0.25, 0.3) is 0 Å². The van der Waals surface area contributed by atoms with E-state index < -0.39 is 0 Å². The molecular weight excluding hydrogens is 556 g/mol.